The molecule has 7 heteroatoms. The molecule has 2 N–H and O–H groups in total. The number of carbonyl (C=O) groups is 1. The SMILES string of the molecule is CC(C)C(C)NC(=O)CCNS(=O)(=O)c1ccc(F)cc1. The summed E-state index contributed by atoms with van der Waals surface area (Å²) < 4.78 is 38.8. The summed E-state index contributed by atoms with van der Waals surface area (Å²) in [5.74, 6) is -0.404. The van der Waals surface area contributed by atoms with Crippen molar-refractivity contribution in [2.75, 3.05) is 6.54 Å². The Kier molecular flexibility index (Phi) is 6.29. The molecule has 0 aromatic heterocycles. The topological polar surface area (TPSA) is 75.3 Å². The highest BCUT2D eigenvalue weighted by Gasteiger charge is 2.15. The van der Waals surface area contributed by atoms with Crippen LogP contribution in [-0.4, -0.2) is 26.9 Å². The average Bonchev–Trinajstić information content (AvgIpc) is 2.38. The van der Waals surface area contributed by atoms with Crippen molar-refractivity contribution in [1.29, 1.82) is 0 Å². The summed E-state index contributed by atoms with van der Waals surface area (Å²) >= 11 is 0. The van der Waals surface area contributed by atoms with E-state index in [0.29, 0.717) is 5.92 Å². The fraction of sp³-hybridized carbons (Fsp3) is 0.500. The molecule has 1 atom stereocenters. The van der Waals surface area contributed by atoms with Gasteiger partial charge in [-0.05, 0) is 37.1 Å². The van der Waals surface area contributed by atoms with Gasteiger partial charge in [-0.25, -0.2) is 17.5 Å². The van der Waals surface area contributed by atoms with Crippen molar-refractivity contribution in [3.05, 3.63) is 30.1 Å². The lowest BCUT2D eigenvalue weighted by atomic mass is 10.1. The maximum absolute atomic E-state index is 12.8. The van der Waals surface area contributed by atoms with Crippen LogP contribution < -0.4 is 10.0 Å². The van der Waals surface area contributed by atoms with Gasteiger partial charge in [0, 0.05) is 19.0 Å². The van der Waals surface area contributed by atoms with Crippen LogP contribution >= 0.6 is 0 Å². The number of hydrogen-bond donors (Lipinski definition) is 2. The molecule has 1 amide bonds. The van der Waals surface area contributed by atoms with Gasteiger partial charge >= 0.3 is 0 Å². The van der Waals surface area contributed by atoms with Crippen molar-refractivity contribution in [3.8, 4) is 0 Å². The quantitative estimate of drug-likeness (QED) is 0.803. The average molecular weight is 316 g/mol. The minimum atomic E-state index is -3.71. The Morgan fingerprint density at radius 1 is 1.19 bits per heavy atom. The fourth-order valence-corrected chi connectivity index (χ4v) is 2.52. The molecule has 0 fully saturated rings. The molecule has 0 aliphatic carbocycles. The van der Waals surface area contributed by atoms with Crippen LogP contribution in [0.25, 0.3) is 0 Å². The molecular formula is C14H21FN2O3S. The van der Waals surface area contributed by atoms with E-state index in [4.69, 9.17) is 0 Å². The Labute approximate surface area is 125 Å². The van der Waals surface area contributed by atoms with Crippen molar-refractivity contribution in [2.45, 2.75) is 38.1 Å². The monoisotopic (exact) mass is 316 g/mol. The van der Waals surface area contributed by atoms with Gasteiger partial charge in [0.15, 0.2) is 0 Å². The van der Waals surface area contributed by atoms with Crippen molar-refractivity contribution >= 4 is 15.9 Å². The first-order valence-corrected chi connectivity index (χ1v) is 8.25. The highest BCUT2D eigenvalue weighted by atomic mass is 32.2. The van der Waals surface area contributed by atoms with E-state index in [1.54, 1.807) is 0 Å². The molecule has 0 aliphatic heterocycles. The molecule has 1 aromatic rings. The summed E-state index contributed by atoms with van der Waals surface area (Å²) in [6.07, 6.45) is 0.0531. The summed E-state index contributed by atoms with van der Waals surface area (Å²) in [6.45, 7) is 5.87. The van der Waals surface area contributed by atoms with Gasteiger partial charge in [-0.1, -0.05) is 13.8 Å². The van der Waals surface area contributed by atoms with Crippen LogP contribution in [0.4, 0.5) is 4.39 Å². The third-order valence-electron chi connectivity index (χ3n) is 3.16. The highest BCUT2D eigenvalue weighted by Crippen LogP contribution is 2.09. The zero-order valence-corrected chi connectivity index (χ0v) is 13.2. The maximum atomic E-state index is 12.8. The molecule has 0 spiro atoms. The van der Waals surface area contributed by atoms with E-state index in [2.05, 4.69) is 10.0 Å². The second-order valence-electron chi connectivity index (χ2n) is 5.20. The van der Waals surface area contributed by atoms with Crippen molar-refractivity contribution < 1.29 is 17.6 Å². The van der Waals surface area contributed by atoms with Crippen molar-refractivity contribution in [3.63, 3.8) is 0 Å². The second kappa shape index (κ2) is 7.51. The third-order valence-corrected chi connectivity index (χ3v) is 4.63. The lowest BCUT2D eigenvalue weighted by Crippen LogP contribution is -2.38. The van der Waals surface area contributed by atoms with Gasteiger partial charge in [0.2, 0.25) is 15.9 Å². The number of halogens is 1. The summed E-state index contributed by atoms with van der Waals surface area (Å²) in [5, 5.41) is 2.79. The molecule has 21 heavy (non-hydrogen) atoms. The number of benzene rings is 1. The van der Waals surface area contributed by atoms with Crippen LogP contribution in [-0.2, 0) is 14.8 Å². The minimum absolute atomic E-state index is 0.00361. The van der Waals surface area contributed by atoms with E-state index in [-0.39, 0.29) is 29.8 Å². The van der Waals surface area contributed by atoms with Gasteiger partial charge in [-0.2, -0.15) is 0 Å². The molecule has 1 rings (SSSR count). The predicted molar refractivity (Wildman–Crippen MR) is 78.6 cm³/mol. The van der Waals surface area contributed by atoms with Crippen LogP contribution in [0.2, 0.25) is 0 Å². The van der Waals surface area contributed by atoms with E-state index in [1.165, 1.54) is 12.1 Å². The number of rotatable bonds is 7. The van der Waals surface area contributed by atoms with Gasteiger partial charge in [0.1, 0.15) is 5.82 Å². The molecule has 0 bridgehead atoms. The standard InChI is InChI=1S/C14H21FN2O3S/c1-10(2)11(3)17-14(18)8-9-16-21(19,20)13-6-4-12(15)5-7-13/h4-7,10-11,16H,8-9H2,1-3H3,(H,17,18). The summed E-state index contributed by atoms with van der Waals surface area (Å²) in [4.78, 5) is 11.6. The first-order chi connectivity index (χ1) is 9.72. The molecule has 1 unspecified atom stereocenters. The van der Waals surface area contributed by atoms with E-state index < -0.39 is 15.8 Å². The molecule has 0 saturated carbocycles. The molecule has 1 aromatic carbocycles. The Hall–Kier alpha value is -1.47. The van der Waals surface area contributed by atoms with Gasteiger partial charge in [-0.15, -0.1) is 0 Å². The number of carbonyl (C=O) groups excluding carboxylic acids is 1. The zero-order chi connectivity index (χ0) is 16.0. The minimum Gasteiger partial charge on any atom is -0.353 e. The lowest BCUT2D eigenvalue weighted by Gasteiger charge is -2.17. The molecule has 0 saturated heterocycles. The normalized spacial score (nSPS) is 13.2. The Bertz CT molecular complexity index is 570. The molecule has 0 heterocycles. The maximum Gasteiger partial charge on any atom is 0.240 e. The predicted octanol–water partition coefficient (Wildman–Crippen LogP) is 1.65. The molecule has 0 aliphatic rings. The van der Waals surface area contributed by atoms with Gasteiger partial charge < -0.3 is 5.32 Å². The summed E-state index contributed by atoms with van der Waals surface area (Å²) in [5.41, 5.74) is 0. The number of hydrogen-bond acceptors (Lipinski definition) is 3. The van der Waals surface area contributed by atoms with E-state index in [9.17, 15) is 17.6 Å². The van der Waals surface area contributed by atoms with Crippen LogP contribution in [0.1, 0.15) is 27.2 Å². The van der Waals surface area contributed by atoms with E-state index in [1.807, 2.05) is 20.8 Å². The molecule has 5 nitrogen and oxygen atoms in total. The fourth-order valence-electron chi connectivity index (χ4n) is 1.49. The number of sulfonamides is 1. The number of nitrogens with one attached hydrogen (secondary N) is 2. The van der Waals surface area contributed by atoms with Crippen LogP contribution in [0, 0.1) is 11.7 Å². The Morgan fingerprint density at radius 3 is 2.29 bits per heavy atom. The van der Waals surface area contributed by atoms with Crippen LogP contribution in [0.3, 0.4) is 0 Å². The van der Waals surface area contributed by atoms with Crippen molar-refractivity contribution in [1.82, 2.24) is 10.0 Å². The third kappa shape index (κ3) is 5.81. The molecular weight excluding hydrogens is 295 g/mol. The first-order valence-electron chi connectivity index (χ1n) is 6.77. The first kappa shape index (κ1) is 17.6. The van der Waals surface area contributed by atoms with Crippen LogP contribution in [0.15, 0.2) is 29.2 Å². The summed E-state index contributed by atoms with van der Waals surface area (Å²) in [7, 11) is -3.71. The zero-order valence-electron chi connectivity index (χ0n) is 12.4. The summed E-state index contributed by atoms with van der Waals surface area (Å²) in [6, 6.07) is 4.54. The van der Waals surface area contributed by atoms with E-state index >= 15 is 0 Å². The van der Waals surface area contributed by atoms with Gasteiger partial charge in [0.25, 0.3) is 0 Å². The van der Waals surface area contributed by atoms with E-state index in [0.717, 1.165) is 12.1 Å². The van der Waals surface area contributed by atoms with Gasteiger partial charge in [-0.3, -0.25) is 4.79 Å². The van der Waals surface area contributed by atoms with Crippen LogP contribution in [0.5, 0.6) is 0 Å². The lowest BCUT2D eigenvalue weighted by molar-refractivity contribution is -0.121. The molecule has 118 valence electrons. The number of amides is 1. The van der Waals surface area contributed by atoms with Gasteiger partial charge in [0.05, 0.1) is 4.90 Å². The molecule has 0 radical (unpaired) electrons. The Morgan fingerprint density at radius 2 is 1.76 bits per heavy atom. The highest BCUT2D eigenvalue weighted by molar-refractivity contribution is 7.89. The smallest absolute Gasteiger partial charge is 0.240 e. The largest absolute Gasteiger partial charge is 0.353 e. The Balaban J connectivity index is 2.48. The second-order valence-corrected chi connectivity index (χ2v) is 6.97. The van der Waals surface area contributed by atoms with Crippen molar-refractivity contribution in [2.24, 2.45) is 5.92 Å².